The van der Waals surface area contributed by atoms with Gasteiger partial charge in [-0.25, -0.2) is 14.0 Å². The van der Waals surface area contributed by atoms with Gasteiger partial charge >= 0.3 is 5.69 Å². The van der Waals surface area contributed by atoms with Crippen LogP contribution in [0.25, 0.3) is 33.5 Å². The van der Waals surface area contributed by atoms with Crippen molar-refractivity contribution in [1.29, 1.82) is 0 Å². The van der Waals surface area contributed by atoms with Gasteiger partial charge in [0.05, 0.1) is 22.6 Å². The fraction of sp³-hybridized carbons (Fsp3) is 0.207. The van der Waals surface area contributed by atoms with Gasteiger partial charge in [0, 0.05) is 0 Å². The number of rotatable bonds is 3. The van der Waals surface area contributed by atoms with Crippen molar-refractivity contribution in [3.05, 3.63) is 109 Å². The summed E-state index contributed by atoms with van der Waals surface area (Å²) in [6, 6.07) is 18.1. The number of aromatic amines is 1. The molecule has 0 saturated carbocycles. The molecule has 0 aliphatic rings. The van der Waals surface area contributed by atoms with Gasteiger partial charge in [-0.3, -0.25) is 4.79 Å². The van der Waals surface area contributed by atoms with Crippen LogP contribution in [0.2, 0.25) is 0 Å². The fourth-order valence-electron chi connectivity index (χ4n) is 4.77. The van der Waals surface area contributed by atoms with Crippen molar-refractivity contribution in [2.45, 2.75) is 41.5 Å². The van der Waals surface area contributed by atoms with Crippen LogP contribution in [0.5, 0.6) is 0 Å². The first-order chi connectivity index (χ1) is 16.7. The van der Waals surface area contributed by atoms with Crippen LogP contribution >= 0.6 is 0 Å². The Morgan fingerprint density at radius 3 is 2.11 bits per heavy atom. The third kappa shape index (κ3) is 3.62. The third-order valence-electron chi connectivity index (χ3n) is 6.84. The van der Waals surface area contributed by atoms with Crippen molar-refractivity contribution in [3.63, 3.8) is 0 Å². The molecule has 2 heterocycles. The van der Waals surface area contributed by atoms with Crippen LogP contribution in [0.4, 0.5) is 0 Å². The second-order valence-electron chi connectivity index (χ2n) is 9.33. The second kappa shape index (κ2) is 8.24. The van der Waals surface area contributed by atoms with E-state index < -0.39 is 11.2 Å². The summed E-state index contributed by atoms with van der Waals surface area (Å²) in [4.78, 5) is 29.9. The highest BCUT2D eigenvalue weighted by Gasteiger charge is 2.20. The number of nitrogens with zero attached hydrogens (tertiary/aromatic N) is 3. The van der Waals surface area contributed by atoms with Gasteiger partial charge in [-0.05, 0) is 98.7 Å². The van der Waals surface area contributed by atoms with Gasteiger partial charge < -0.3 is 4.98 Å². The van der Waals surface area contributed by atoms with Crippen LogP contribution in [0.3, 0.4) is 0 Å². The summed E-state index contributed by atoms with van der Waals surface area (Å²) < 4.78 is 2.88. The molecule has 0 atom stereocenters. The van der Waals surface area contributed by atoms with E-state index >= 15 is 0 Å². The Labute approximate surface area is 203 Å². The minimum atomic E-state index is -0.478. The highest BCUT2D eigenvalue weighted by molar-refractivity contribution is 5.79. The zero-order valence-electron chi connectivity index (χ0n) is 20.9. The zero-order valence-corrected chi connectivity index (χ0v) is 20.9. The number of aromatic nitrogens is 4. The number of benzene rings is 3. The third-order valence-corrected chi connectivity index (χ3v) is 6.84. The van der Waals surface area contributed by atoms with Crippen molar-refractivity contribution in [3.8, 4) is 22.5 Å². The molecule has 3 aromatic carbocycles. The fourth-order valence-corrected chi connectivity index (χ4v) is 4.77. The van der Waals surface area contributed by atoms with Gasteiger partial charge in [0.2, 0.25) is 0 Å². The lowest BCUT2D eigenvalue weighted by atomic mass is 9.98. The van der Waals surface area contributed by atoms with Gasteiger partial charge in [-0.15, -0.1) is 0 Å². The molecule has 2 aromatic heterocycles. The molecule has 0 fully saturated rings. The monoisotopic (exact) mass is 464 g/mol. The summed E-state index contributed by atoms with van der Waals surface area (Å²) in [6.07, 6.45) is 0. The normalized spacial score (nSPS) is 11.4. The number of hydrogen-bond acceptors (Lipinski definition) is 3. The van der Waals surface area contributed by atoms with E-state index in [4.69, 9.17) is 0 Å². The SMILES string of the molecule is Cc1cc(C)c(-n2nc(C)c3[nH]c(=O)n(-c4ccc(-c5ccccc5C)cc4C)c(=O)c32)cc1C. The summed E-state index contributed by atoms with van der Waals surface area (Å²) in [5.74, 6) is 0. The lowest BCUT2D eigenvalue weighted by Gasteiger charge is -2.13. The number of H-pyrrole nitrogens is 1. The number of hydrogen-bond donors (Lipinski definition) is 1. The summed E-state index contributed by atoms with van der Waals surface area (Å²) >= 11 is 0. The molecule has 6 heteroatoms. The quantitative estimate of drug-likeness (QED) is 0.389. The van der Waals surface area contributed by atoms with Crippen molar-refractivity contribution in [2.75, 3.05) is 0 Å². The van der Waals surface area contributed by atoms with Gasteiger partial charge in [-0.1, -0.05) is 36.4 Å². The average Bonchev–Trinajstić information content (AvgIpc) is 3.13. The first-order valence-corrected chi connectivity index (χ1v) is 11.7. The summed E-state index contributed by atoms with van der Waals surface area (Å²) in [5, 5.41) is 4.65. The molecule has 0 bridgehead atoms. The van der Waals surface area contributed by atoms with Crippen LogP contribution in [0, 0.1) is 41.5 Å². The van der Waals surface area contributed by atoms with Crippen LogP contribution in [-0.4, -0.2) is 19.3 Å². The molecule has 6 nitrogen and oxygen atoms in total. The molecule has 0 unspecified atom stereocenters. The van der Waals surface area contributed by atoms with Crippen LogP contribution in [-0.2, 0) is 0 Å². The molecule has 176 valence electrons. The van der Waals surface area contributed by atoms with E-state index in [1.54, 1.807) is 11.6 Å². The molecule has 0 amide bonds. The Balaban J connectivity index is 1.76. The van der Waals surface area contributed by atoms with E-state index in [1.807, 2.05) is 57.2 Å². The average molecular weight is 465 g/mol. The van der Waals surface area contributed by atoms with E-state index in [9.17, 15) is 9.59 Å². The lowest BCUT2D eigenvalue weighted by molar-refractivity contribution is 0.852. The Hall–Kier alpha value is -4.19. The summed E-state index contributed by atoms with van der Waals surface area (Å²) in [7, 11) is 0. The predicted molar refractivity (Wildman–Crippen MR) is 141 cm³/mol. The first kappa shape index (κ1) is 22.6. The second-order valence-corrected chi connectivity index (χ2v) is 9.33. The Morgan fingerprint density at radius 1 is 0.714 bits per heavy atom. The molecule has 0 aliphatic carbocycles. The van der Waals surface area contributed by atoms with Crippen LogP contribution < -0.4 is 11.2 Å². The van der Waals surface area contributed by atoms with E-state index in [-0.39, 0.29) is 0 Å². The maximum Gasteiger partial charge on any atom is 0.333 e. The van der Waals surface area contributed by atoms with E-state index in [1.165, 1.54) is 15.7 Å². The van der Waals surface area contributed by atoms with Crippen molar-refractivity contribution in [2.24, 2.45) is 0 Å². The minimum Gasteiger partial charge on any atom is -0.303 e. The molecule has 0 saturated heterocycles. The van der Waals surface area contributed by atoms with Gasteiger partial charge in [0.25, 0.3) is 5.56 Å². The van der Waals surface area contributed by atoms with Gasteiger partial charge in [0.15, 0.2) is 5.52 Å². The Morgan fingerprint density at radius 2 is 1.40 bits per heavy atom. The summed E-state index contributed by atoms with van der Waals surface area (Å²) in [6.45, 7) is 11.9. The highest BCUT2D eigenvalue weighted by Crippen LogP contribution is 2.27. The smallest absolute Gasteiger partial charge is 0.303 e. The first-order valence-electron chi connectivity index (χ1n) is 11.7. The molecule has 35 heavy (non-hydrogen) atoms. The van der Waals surface area contributed by atoms with Crippen molar-refractivity contribution in [1.82, 2.24) is 19.3 Å². The maximum atomic E-state index is 13.9. The van der Waals surface area contributed by atoms with E-state index in [0.29, 0.717) is 22.4 Å². The topological polar surface area (TPSA) is 72.7 Å². The highest BCUT2D eigenvalue weighted by atomic mass is 16.2. The van der Waals surface area contributed by atoms with Crippen molar-refractivity contribution >= 4 is 11.0 Å². The zero-order chi connectivity index (χ0) is 25.0. The van der Waals surface area contributed by atoms with Gasteiger partial charge in [0.1, 0.15) is 0 Å². The Bertz CT molecular complexity index is 1750. The molecule has 0 aliphatic heterocycles. The van der Waals surface area contributed by atoms with Crippen molar-refractivity contribution < 1.29 is 0 Å². The van der Waals surface area contributed by atoms with Crippen LogP contribution in [0.15, 0.2) is 64.2 Å². The number of aryl methyl sites for hydroxylation is 6. The van der Waals surface area contributed by atoms with E-state index in [0.717, 1.165) is 33.5 Å². The molecule has 0 radical (unpaired) electrons. The van der Waals surface area contributed by atoms with Gasteiger partial charge in [-0.2, -0.15) is 5.10 Å². The number of fused-ring (bicyclic) bond motifs is 1. The molecular formula is C29H28N4O2. The molecule has 5 aromatic rings. The standard InChI is InChI=1S/C29H28N4O2/c1-16-9-7-8-10-23(16)22-11-12-24(20(5)14-22)32-28(34)27-26(30-29(32)35)21(6)31-33(27)25-15-18(3)17(2)13-19(25)4/h7-15H,1-6H3,(H,30,35). The molecule has 1 N–H and O–H groups in total. The minimum absolute atomic E-state index is 0.357. The predicted octanol–water partition coefficient (Wildman–Crippen LogP) is 5.38. The Kier molecular flexibility index (Phi) is 5.32. The molecular weight excluding hydrogens is 436 g/mol. The number of nitrogens with one attached hydrogen (secondary N) is 1. The summed E-state index contributed by atoms with van der Waals surface area (Å²) in [5.41, 5.74) is 9.39. The van der Waals surface area contributed by atoms with E-state index in [2.05, 4.69) is 42.1 Å². The largest absolute Gasteiger partial charge is 0.333 e. The van der Waals surface area contributed by atoms with Crippen LogP contribution in [0.1, 0.15) is 33.5 Å². The molecule has 0 spiro atoms. The molecule has 5 rings (SSSR count). The lowest BCUT2D eigenvalue weighted by Crippen LogP contribution is -2.34. The maximum absolute atomic E-state index is 13.9.